The Hall–Kier alpha value is -1.55. The Labute approximate surface area is 145 Å². The van der Waals surface area contributed by atoms with Crippen LogP contribution in [0, 0.1) is 0 Å². The van der Waals surface area contributed by atoms with Crippen molar-refractivity contribution in [1.29, 1.82) is 0 Å². The minimum Gasteiger partial charge on any atom is -0.496 e. The van der Waals surface area contributed by atoms with Gasteiger partial charge in [0.25, 0.3) is 0 Å². The number of carbonyl (C=O) groups is 1. The molecule has 0 spiro atoms. The number of nitrogens with zero attached hydrogens (tertiary/aromatic N) is 2. The summed E-state index contributed by atoms with van der Waals surface area (Å²) in [5.74, 6) is 1.36. The third-order valence-corrected chi connectivity index (χ3v) is 5.79. The molecule has 0 saturated carbocycles. The molecule has 1 aromatic carbocycles. The topological polar surface area (TPSA) is 32.8 Å². The van der Waals surface area contributed by atoms with Crippen molar-refractivity contribution in [2.24, 2.45) is 0 Å². The van der Waals surface area contributed by atoms with Gasteiger partial charge in [0, 0.05) is 25.0 Å². The predicted molar refractivity (Wildman–Crippen MR) is 96.4 cm³/mol. The largest absolute Gasteiger partial charge is 0.496 e. The highest BCUT2D eigenvalue weighted by Crippen LogP contribution is 2.32. The number of methoxy groups -OCH3 is 1. The molecule has 4 nitrogen and oxygen atoms in total. The van der Waals surface area contributed by atoms with Crippen molar-refractivity contribution in [3.63, 3.8) is 0 Å². The van der Waals surface area contributed by atoms with Gasteiger partial charge < -0.3 is 14.5 Å². The van der Waals surface area contributed by atoms with Crippen molar-refractivity contribution in [2.45, 2.75) is 57.0 Å². The molecule has 1 aromatic rings. The van der Waals surface area contributed by atoms with E-state index in [1.807, 2.05) is 18.2 Å². The Balaban J connectivity index is 1.67. The number of likely N-dealkylation sites (N-methyl/N-ethyl adjacent to an activating group) is 1. The number of carbonyl (C=O) groups excluding carboxylic acids is 1. The average Bonchev–Trinajstić information content (AvgIpc) is 3.22. The van der Waals surface area contributed by atoms with Gasteiger partial charge in [-0.25, -0.2) is 0 Å². The molecular formula is C20H30N2O2. The summed E-state index contributed by atoms with van der Waals surface area (Å²) in [5, 5.41) is 0. The van der Waals surface area contributed by atoms with E-state index in [2.05, 4.69) is 29.8 Å². The van der Waals surface area contributed by atoms with Crippen LogP contribution in [0.25, 0.3) is 0 Å². The SMILES string of the molecule is COc1ccccc1[C@H](C)CC(=O)N1CCC[C@H]1[C@H]1CCCN1C. The monoisotopic (exact) mass is 330 g/mol. The number of hydrogen-bond acceptors (Lipinski definition) is 3. The van der Waals surface area contributed by atoms with Crippen LogP contribution in [-0.4, -0.2) is 55.0 Å². The summed E-state index contributed by atoms with van der Waals surface area (Å²) < 4.78 is 5.46. The van der Waals surface area contributed by atoms with Gasteiger partial charge in [-0.2, -0.15) is 0 Å². The third-order valence-electron chi connectivity index (χ3n) is 5.79. The molecule has 132 valence electrons. The molecule has 2 saturated heterocycles. The van der Waals surface area contributed by atoms with Crippen molar-refractivity contribution in [3.05, 3.63) is 29.8 Å². The van der Waals surface area contributed by atoms with Crippen LogP contribution in [0.15, 0.2) is 24.3 Å². The highest BCUT2D eigenvalue weighted by atomic mass is 16.5. The first-order chi connectivity index (χ1) is 11.6. The van der Waals surface area contributed by atoms with Crippen LogP contribution in [0.3, 0.4) is 0 Å². The van der Waals surface area contributed by atoms with Gasteiger partial charge in [-0.3, -0.25) is 4.79 Å². The van der Waals surface area contributed by atoms with E-state index in [9.17, 15) is 4.79 Å². The second-order valence-corrected chi connectivity index (χ2v) is 7.33. The molecule has 2 aliphatic heterocycles. The highest BCUT2D eigenvalue weighted by molar-refractivity contribution is 5.78. The number of amides is 1. The fraction of sp³-hybridized carbons (Fsp3) is 0.650. The highest BCUT2D eigenvalue weighted by Gasteiger charge is 2.38. The minimum absolute atomic E-state index is 0.177. The third kappa shape index (κ3) is 3.44. The molecule has 2 aliphatic rings. The summed E-state index contributed by atoms with van der Waals surface area (Å²) in [6, 6.07) is 9.01. The number of benzene rings is 1. The first kappa shape index (κ1) is 17.3. The number of para-hydroxylation sites is 1. The summed E-state index contributed by atoms with van der Waals surface area (Å²) in [5.41, 5.74) is 1.13. The standard InChI is InChI=1S/C20H30N2O2/c1-15(16-8-4-5-11-19(16)24-3)14-20(23)22-13-7-10-18(22)17-9-6-12-21(17)2/h4-5,8,11,15,17-18H,6-7,9-10,12-14H2,1-3H3/t15-,17-,18+/m1/s1. The molecule has 3 rings (SSSR count). The van der Waals surface area contributed by atoms with E-state index in [-0.39, 0.29) is 5.92 Å². The van der Waals surface area contributed by atoms with Gasteiger partial charge in [-0.1, -0.05) is 25.1 Å². The van der Waals surface area contributed by atoms with E-state index in [1.165, 1.54) is 19.4 Å². The van der Waals surface area contributed by atoms with Crippen molar-refractivity contribution in [1.82, 2.24) is 9.80 Å². The lowest BCUT2D eigenvalue weighted by Gasteiger charge is -2.34. The Morgan fingerprint density at radius 2 is 1.92 bits per heavy atom. The molecule has 3 atom stereocenters. The lowest BCUT2D eigenvalue weighted by molar-refractivity contribution is -0.133. The van der Waals surface area contributed by atoms with Crippen LogP contribution in [-0.2, 0) is 4.79 Å². The van der Waals surface area contributed by atoms with Gasteiger partial charge in [0.15, 0.2) is 0 Å². The molecule has 4 heteroatoms. The summed E-state index contributed by atoms with van der Waals surface area (Å²) in [7, 11) is 3.90. The van der Waals surface area contributed by atoms with Crippen LogP contribution in [0.4, 0.5) is 0 Å². The lowest BCUT2D eigenvalue weighted by Crippen LogP contribution is -2.47. The molecule has 0 unspecified atom stereocenters. The van der Waals surface area contributed by atoms with Crippen LogP contribution in [0.1, 0.15) is 50.5 Å². The Kier molecular flexibility index (Phi) is 5.44. The van der Waals surface area contributed by atoms with Crippen LogP contribution < -0.4 is 4.74 Å². The van der Waals surface area contributed by atoms with Crippen molar-refractivity contribution in [3.8, 4) is 5.75 Å². The van der Waals surface area contributed by atoms with E-state index in [0.717, 1.165) is 30.7 Å². The van der Waals surface area contributed by atoms with Crippen LogP contribution in [0.2, 0.25) is 0 Å². The van der Waals surface area contributed by atoms with Gasteiger partial charge in [0.1, 0.15) is 5.75 Å². The molecule has 0 radical (unpaired) electrons. The normalized spacial score (nSPS) is 25.9. The summed E-state index contributed by atoms with van der Waals surface area (Å²) in [6.45, 7) is 4.22. The van der Waals surface area contributed by atoms with Gasteiger partial charge in [0.2, 0.25) is 5.91 Å². The van der Waals surface area contributed by atoms with Crippen LogP contribution in [0.5, 0.6) is 5.75 Å². The molecule has 24 heavy (non-hydrogen) atoms. The van der Waals surface area contributed by atoms with E-state index in [0.29, 0.717) is 24.4 Å². The minimum atomic E-state index is 0.177. The van der Waals surface area contributed by atoms with Crippen molar-refractivity contribution in [2.75, 3.05) is 27.2 Å². The average molecular weight is 330 g/mol. The van der Waals surface area contributed by atoms with E-state index in [4.69, 9.17) is 4.74 Å². The van der Waals surface area contributed by atoms with Crippen molar-refractivity contribution < 1.29 is 9.53 Å². The summed E-state index contributed by atoms with van der Waals surface area (Å²) in [6.07, 6.45) is 5.35. The maximum absolute atomic E-state index is 13.0. The quantitative estimate of drug-likeness (QED) is 0.831. The van der Waals surface area contributed by atoms with Gasteiger partial charge in [-0.05, 0) is 56.8 Å². The summed E-state index contributed by atoms with van der Waals surface area (Å²) in [4.78, 5) is 17.6. The Bertz CT molecular complexity index is 575. The Morgan fingerprint density at radius 1 is 1.21 bits per heavy atom. The fourth-order valence-electron chi connectivity index (χ4n) is 4.49. The predicted octanol–water partition coefficient (Wildman–Crippen LogP) is 3.27. The van der Waals surface area contributed by atoms with E-state index in [1.54, 1.807) is 7.11 Å². The van der Waals surface area contributed by atoms with Gasteiger partial charge in [-0.15, -0.1) is 0 Å². The fourth-order valence-corrected chi connectivity index (χ4v) is 4.49. The maximum atomic E-state index is 13.0. The van der Waals surface area contributed by atoms with Gasteiger partial charge in [0.05, 0.1) is 7.11 Å². The number of ether oxygens (including phenoxy) is 1. The van der Waals surface area contributed by atoms with E-state index < -0.39 is 0 Å². The zero-order valence-corrected chi connectivity index (χ0v) is 15.2. The zero-order chi connectivity index (χ0) is 17.1. The first-order valence-corrected chi connectivity index (χ1v) is 9.24. The molecule has 0 aromatic heterocycles. The number of rotatable bonds is 5. The summed E-state index contributed by atoms with van der Waals surface area (Å²) >= 11 is 0. The van der Waals surface area contributed by atoms with Crippen molar-refractivity contribution >= 4 is 5.91 Å². The van der Waals surface area contributed by atoms with Crippen LogP contribution >= 0.6 is 0 Å². The first-order valence-electron chi connectivity index (χ1n) is 9.24. The lowest BCUT2D eigenvalue weighted by atomic mass is 9.95. The second kappa shape index (κ2) is 7.56. The Morgan fingerprint density at radius 3 is 2.62 bits per heavy atom. The maximum Gasteiger partial charge on any atom is 0.223 e. The molecule has 2 fully saturated rings. The smallest absolute Gasteiger partial charge is 0.223 e. The molecule has 2 heterocycles. The number of likely N-dealkylation sites (tertiary alicyclic amines) is 2. The van der Waals surface area contributed by atoms with E-state index >= 15 is 0 Å². The molecule has 0 N–H and O–H groups in total. The van der Waals surface area contributed by atoms with Gasteiger partial charge >= 0.3 is 0 Å². The number of hydrogen-bond donors (Lipinski definition) is 0. The molecule has 0 bridgehead atoms. The zero-order valence-electron chi connectivity index (χ0n) is 15.2. The molecule has 1 amide bonds. The molecule has 0 aliphatic carbocycles. The second-order valence-electron chi connectivity index (χ2n) is 7.33. The molecular weight excluding hydrogens is 300 g/mol.